The van der Waals surface area contributed by atoms with Crippen molar-refractivity contribution in [1.82, 2.24) is 4.57 Å². The molecule has 0 aliphatic carbocycles. The molecule has 2 aromatic carbocycles. The van der Waals surface area contributed by atoms with Crippen LogP contribution in [0, 0.1) is 0 Å². The molecule has 146 valence electrons. The number of rotatable bonds is 5. The third-order valence-electron chi connectivity index (χ3n) is 4.38. The van der Waals surface area contributed by atoms with Crippen LogP contribution in [0.1, 0.15) is 27.2 Å². The number of hydrogen-bond acceptors (Lipinski definition) is 1. The molecule has 0 fully saturated rings. The van der Waals surface area contributed by atoms with E-state index in [9.17, 15) is 22.4 Å². The summed E-state index contributed by atoms with van der Waals surface area (Å²) < 4.78 is 55.6. The Bertz CT molecular complexity index is 1090. The van der Waals surface area contributed by atoms with Crippen LogP contribution in [0.15, 0.2) is 42.5 Å². The topological polar surface area (TPSA) is 42.2 Å². The van der Waals surface area contributed by atoms with Crippen LogP contribution in [0.25, 0.3) is 10.9 Å². The number of nitrogens with zero attached hydrogens (tertiary/aromatic N) is 1. The van der Waals surface area contributed by atoms with E-state index in [0.717, 1.165) is 6.07 Å². The van der Waals surface area contributed by atoms with Gasteiger partial charge in [0.05, 0.1) is 11.1 Å². The molecule has 3 rings (SSSR count). The second kappa shape index (κ2) is 7.44. The van der Waals surface area contributed by atoms with Crippen molar-refractivity contribution >= 4 is 44.2 Å². The summed E-state index contributed by atoms with van der Waals surface area (Å²) in [6, 6.07) is 8.95. The highest BCUT2D eigenvalue weighted by Gasteiger charge is 2.34. The Balaban J connectivity index is 2.16. The van der Waals surface area contributed by atoms with Gasteiger partial charge in [-0.2, -0.15) is 13.2 Å². The molecule has 3 aromatic rings. The fraction of sp³-hybridized carbons (Fsp3) is 0.211. The molecule has 0 bridgehead atoms. The highest BCUT2D eigenvalue weighted by molar-refractivity contribution is 6.38. The van der Waals surface area contributed by atoms with Gasteiger partial charge in [-0.25, -0.2) is 4.79 Å². The minimum atomic E-state index is -4.64. The Hall–Kier alpha value is -2.41. The lowest BCUT2D eigenvalue weighted by molar-refractivity contribution is -0.138. The van der Waals surface area contributed by atoms with Crippen molar-refractivity contribution in [2.24, 2.45) is 0 Å². The number of hydrogen-bond donors (Lipinski definition) is 1. The SMILES string of the molecule is [B]C([B])(F)Cn1c(Cc2ccc(Cl)cc2C(F)(F)F)cc2cc(C(=O)O)ccc21. The van der Waals surface area contributed by atoms with Gasteiger partial charge in [-0.05, 0) is 42.0 Å². The molecule has 10 heteroatoms. The van der Waals surface area contributed by atoms with Gasteiger partial charge in [0.15, 0.2) is 0 Å². The van der Waals surface area contributed by atoms with Crippen LogP contribution < -0.4 is 0 Å². The van der Waals surface area contributed by atoms with E-state index in [0.29, 0.717) is 10.9 Å². The number of fused-ring (bicyclic) bond motifs is 1. The molecule has 3 nitrogen and oxygen atoms in total. The second-order valence-electron chi connectivity index (χ2n) is 6.70. The van der Waals surface area contributed by atoms with Crippen LogP contribution in [0.5, 0.6) is 0 Å². The molecular formula is C19H12B2ClF4NO2. The number of benzene rings is 2. The summed E-state index contributed by atoms with van der Waals surface area (Å²) in [5, 5.41) is 9.49. The lowest BCUT2D eigenvalue weighted by Crippen LogP contribution is -2.30. The summed E-state index contributed by atoms with van der Waals surface area (Å²) in [7, 11) is 10.6. The van der Waals surface area contributed by atoms with E-state index in [4.69, 9.17) is 32.4 Å². The van der Waals surface area contributed by atoms with Crippen molar-refractivity contribution in [2.75, 3.05) is 0 Å². The highest BCUT2D eigenvalue weighted by atomic mass is 35.5. The van der Waals surface area contributed by atoms with Crippen molar-refractivity contribution in [3.63, 3.8) is 0 Å². The molecule has 0 aliphatic rings. The summed E-state index contributed by atoms with van der Waals surface area (Å²) in [6.45, 7) is -0.535. The first-order valence-corrected chi connectivity index (χ1v) is 8.71. The Labute approximate surface area is 171 Å². The molecule has 0 unspecified atom stereocenters. The van der Waals surface area contributed by atoms with E-state index in [1.165, 1.54) is 41.0 Å². The van der Waals surface area contributed by atoms with Crippen molar-refractivity contribution in [3.8, 4) is 0 Å². The number of carboxylic acids is 1. The van der Waals surface area contributed by atoms with Crippen LogP contribution in [0.2, 0.25) is 5.02 Å². The summed E-state index contributed by atoms with van der Waals surface area (Å²) in [4.78, 5) is 11.2. The normalized spacial score (nSPS) is 12.4. The fourth-order valence-electron chi connectivity index (χ4n) is 3.20. The number of aromatic nitrogens is 1. The van der Waals surface area contributed by atoms with Crippen LogP contribution in [-0.4, -0.2) is 36.8 Å². The van der Waals surface area contributed by atoms with E-state index in [1.54, 1.807) is 0 Å². The third kappa shape index (κ3) is 4.78. The van der Waals surface area contributed by atoms with Gasteiger partial charge in [-0.3, -0.25) is 4.39 Å². The van der Waals surface area contributed by atoms with Gasteiger partial charge in [0.25, 0.3) is 0 Å². The monoisotopic (exact) mass is 419 g/mol. The zero-order chi connectivity index (χ0) is 21.6. The first-order chi connectivity index (χ1) is 13.3. The molecule has 4 radical (unpaired) electrons. The molecule has 0 amide bonds. The lowest BCUT2D eigenvalue weighted by Gasteiger charge is -2.21. The second-order valence-corrected chi connectivity index (χ2v) is 7.14. The fourth-order valence-corrected chi connectivity index (χ4v) is 3.37. The Morgan fingerprint density at radius 3 is 2.34 bits per heavy atom. The third-order valence-corrected chi connectivity index (χ3v) is 4.62. The van der Waals surface area contributed by atoms with Crippen molar-refractivity contribution in [3.05, 3.63) is 69.9 Å². The average molecular weight is 419 g/mol. The van der Waals surface area contributed by atoms with Crippen molar-refractivity contribution < 1.29 is 27.5 Å². The first kappa shape index (κ1) is 21.3. The minimum absolute atomic E-state index is 0.0179. The predicted molar refractivity (Wildman–Crippen MR) is 104 cm³/mol. The van der Waals surface area contributed by atoms with Crippen LogP contribution in [0.3, 0.4) is 0 Å². The number of alkyl halides is 4. The zero-order valence-electron chi connectivity index (χ0n) is 14.8. The van der Waals surface area contributed by atoms with Gasteiger partial charge in [0.2, 0.25) is 0 Å². The molecule has 29 heavy (non-hydrogen) atoms. The van der Waals surface area contributed by atoms with Gasteiger partial charge in [-0.1, -0.05) is 17.7 Å². The maximum Gasteiger partial charge on any atom is 0.416 e. The van der Waals surface area contributed by atoms with Gasteiger partial charge in [0.1, 0.15) is 15.7 Å². The maximum absolute atomic E-state index is 14.0. The lowest BCUT2D eigenvalue weighted by atomic mass is 9.67. The number of halogens is 5. The number of aromatic carboxylic acids is 1. The molecule has 0 spiro atoms. The van der Waals surface area contributed by atoms with Gasteiger partial charge in [-0.15, -0.1) is 0 Å². The van der Waals surface area contributed by atoms with Crippen LogP contribution in [0.4, 0.5) is 17.6 Å². The predicted octanol–water partition coefficient (Wildman–Crippen LogP) is 4.56. The quantitative estimate of drug-likeness (QED) is 0.487. The molecule has 0 saturated carbocycles. The Morgan fingerprint density at radius 2 is 1.76 bits per heavy atom. The molecular weight excluding hydrogens is 407 g/mol. The summed E-state index contributed by atoms with van der Waals surface area (Å²) in [5.74, 6) is -1.17. The Kier molecular flexibility index (Phi) is 5.47. The largest absolute Gasteiger partial charge is 0.478 e. The molecule has 1 aromatic heterocycles. The van der Waals surface area contributed by atoms with Gasteiger partial charge in [0, 0.05) is 40.1 Å². The summed E-state index contributed by atoms with van der Waals surface area (Å²) >= 11 is 5.71. The van der Waals surface area contributed by atoms with Crippen molar-refractivity contribution in [1.29, 1.82) is 0 Å². The summed E-state index contributed by atoms with van der Waals surface area (Å²) in [6.07, 6.45) is -4.86. The van der Waals surface area contributed by atoms with Gasteiger partial charge >= 0.3 is 12.1 Å². The minimum Gasteiger partial charge on any atom is -0.478 e. The molecule has 0 aliphatic heterocycles. The van der Waals surface area contributed by atoms with E-state index in [2.05, 4.69) is 0 Å². The highest BCUT2D eigenvalue weighted by Crippen LogP contribution is 2.35. The van der Waals surface area contributed by atoms with Crippen LogP contribution in [-0.2, 0) is 19.1 Å². The maximum atomic E-state index is 14.0. The molecule has 1 N–H and O–H groups in total. The molecule has 0 saturated heterocycles. The average Bonchev–Trinajstić information content (AvgIpc) is 2.90. The zero-order valence-corrected chi connectivity index (χ0v) is 15.6. The first-order valence-electron chi connectivity index (χ1n) is 8.33. The summed E-state index contributed by atoms with van der Waals surface area (Å²) in [5.41, 5.74) is -2.96. The van der Waals surface area contributed by atoms with E-state index in [1.807, 2.05) is 0 Å². The van der Waals surface area contributed by atoms with Gasteiger partial charge < -0.3 is 9.67 Å². The molecule has 0 atom stereocenters. The smallest absolute Gasteiger partial charge is 0.416 e. The Morgan fingerprint density at radius 1 is 1.07 bits per heavy atom. The van der Waals surface area contributed by atoms with E-state index in [-0.39, 0.29) is 28.3 Å². The van der Waals surface area contributed by atoms with E-state index < -0.39 is 29.7 Å². The van der Waals surface area contributed by atoms with Crippen molar-refractivity contribution in [2.45, 2.75) is 24.6 Å². The van der Waals surface area contributed by atoms with E-state index >= 15 is 0 Å². The number of carboxylic acid groups (broad SMARTS) is 1. The van der Waals surface area contributed by atoms with Crippen LogP contribution >= 0.6 is 11.6 Å². The standard InChI is InChI=1S/C19H12B2ClF4NO2/c20-18(21,23)9-27-14(7-12-5-11(17(28)29)2-4-16(12)27)6-10-1-3-13(22)8-15(10)19(24,25)26/h1-5,7-8H,6,9H2,(H,28,29). The molecule has 1 heterocycles. The number of carbonyl (C=O) groups is 1.